The van der Waals surface area contributed by atoms with Crippen molar-refractivity contribution in [3.63, 3.8) is 0 Å². The lowest BCUT2D eigenvalue weighted by Gasteiger charge is -2.28. The van der Waals surface area contributed by atoms with Gasteiger partial charge in [-0.15, -0.1) is 0 Å². The molecule has 0 radical (unpaired) electrons. The summed E-state index contributed by atoms with van der Waals surface area (Å²) in [5, 5.41) is 0. The highest BCUT2D eigenvalue weighted by Gasteiger charge is 2.28. The zero-order valence-corrected chi connectivity index (χ0v) is 11.0. The fourth-order valence-electron chi connectivity index (χ4n) is 2.94. The maximum atomic E-state index is 2.52. The van der Waals surface area contributed by atoms with Gasteiger partial charge in [0.25, 0.3) is 0 Å². The highest BCUT2D eigenvalue weighted by atomic mass is 15.2. The Bertz CT molecular complexity index is 532. The number of fused-ring (bicyclic) bond motifs is 1. The van der Waals surface area contributed by atoms with Gasteiger partial charge in [0.1, 0.15) is 0 Å². The lowest BCUT2D eigenvalue weighted by Crippen LogP contribution is -2.25. The largest absolute Gasteiger partial charge is 0.364 e. The van der Waals surface area contributed by atoms with Gasteiger partial charge in [-0.2, -0.15) is 0 Å². The van der Waals surface area contributed by atoms with Crippen molar-refractivity contribution < 1.29 is 0 Å². The van der Waals surface area contributed by atoms with E-state index in [2.05, 4.69) is 73.3 Å². The van der Waals surface area contributed by atoms with Crippen LogP contribution in [-0.4, -0.2) is 6.54 Å². The number of para-hydroxylation sites is 1. The van der Waals surface area contributed by atoms with E-state index in [0.29, 0.717) is 12.0 Å². The molecular formula is C17H19N. The summed E-state index contributed by atoms with van der Waals surface area (Å²) in [5.74, 6) is 0.632. The summed E-state index contributed by atoms with van der Waals surface area (Å²) in [6, 6.07) is 20.0. The Balaban J connectivity index is 1.96. The standard InChI is InChI=1S/C17H19N/c1-13-12-18(17-11-7-6-10-16(13)17)14(2)15-8-4-3-5-9-15/h3-11,13-14H,12H2,1-2H3. The number of anilines is 1. The maximum Gasteiger partial charge on any atom is 0.0514 e. The number of hydrogen-bond acceptors (Lipinski definition) is 1. The molecule has 1 aliphatic rings. The molecule has 1 nitrogen and oxygen atoms in total. The van der Waals surface area contributed by atoms with E-state index in [0.717, 1.165) is 6.54 Å². The summed E-state index contributed by atoms with van der Waals surface area (Å²) in [7, 11) is 0. The minimum absolute atomic E-state index is 0.442. The van der Waals surface area contributed by atoms with Gasteiger partial charge in [0.15, 0.2) is 0 Å². The van der Waals surface area contributed by atoms with Crippen LogP contribution in [0.4, 0.5) is 5.69 Å². The van der Waals surface area contributed by atoms with Crippen molar-refractivity contribution in [3.05, 3.63) is 65.7 Å². The van der Waals surface area contributed by atoms with Crippen molar-refractivity contribution in [2.75, 3.05) is 11.4 Å². The second-order valence-corrected chi connectivity index (χ2v) is 5.20. The molecule has 3 rings (SSSR count). The minimum Gasteiger partial charge on any atom is -0.364 e. The van der Waals surface area contributed by atoms with Crippen molar-refractivity contribution in [1.29, 1.82) is 0 Å². The molecule has 0 N–H and O–H groups in total. The van der Waals surface area contributed by atoms with E-state index < -0.39 is 0 Å². The molecular weight excluding hydrogens is 218 g/mol. The SMILES string of the molecule is CC1CN(C(C)c2ccccc2)c2ccccc21. The predicted octanol–water partition coefficient (Wildman–Crippen LogP) is 4.37. The molecule has 1 heterocycles. The van der Waals surface area contributed by atoms with Gasteiger partial charge in [-0.3, -0.25) is 0 Å². The first-order chi connectivity index (χ1) is 8.77. The molecule has 1 aliphatic heterocycles. The third kappa shape index (κ3) is 1.80. The molecule has 92 valence electrons. The second-order valence-electron chi connectivity index (χ2n) is 5.20. The van der Waals surface area contributed by atoms with Gasteiger partial charge in [-0.05, 0) is 24.1 Å². The van der Waals surface area contributed by atoms with Gasteiger partial charge in [0, 0.05) is 18.2 Å². The van der Waals surface area contributed by atoms with E-state index >= 15 is 0 Å². The van der Waals surface area contributed by atoms with E-state index in [-0.39, 0.29) is 0 Å². The second kappa shape index (κ2) is 4.49. The smallest absolute Gasteiger partial charge is 0.0514 e. The normalized spacial score (nSPS) is 19.7. The highest BCUT2D eigenvalue weighted by Crippen LogP contribution is 2.40. The van der Waals surface area contributed by atoms with E-state index in [1.807, 2.05) is 0 Å². The van der Waals surface area contributed by atoms with Crippen LogP contribution in [0.25, 0.3) is 0 Å². The first-order valence-corrected chi connectivity index (χ1v) is 6.68. The summed E-state index contributed by atoms with van der Waals surface area (Å²) < 4.78 is 0. The molecule has 2 aromatic carbocycles. The van der Waals surface area contributed by atoms with Crippen LogP contribution in [0.3, 0.4) is 0 Å². The molecule has 2 aromatic rings. The minimum atomic E-state index is 0.442. The fraction of sp³-hybridized carbons (Fsp3) is 0.294. The monoisotopic (exact) mass is 237 g/mol. The Morgan fingerprint density at radius 2 is 1.67 bits per heavy atom. The summed E-state index contributed by atoms with van der Waals surface area (Å²) in [6.07, 6.45) is 0. The Hall–Kier alpha value is -1.76. The fourth-order valence-corrected chi connectivity index (χ4v) is 2.94. The van der Waals surface area contributed by atoms with Gasteiger partial charge in [-0.25, -0.2) is 0 Å². The summed E-state index contributed by atoms with van der Waals surface area (Å²) in [6.45, 7) is 5.73. The Kier molecular flexibility index (Phi) is 2.83. The molecule has 0 spiro atoms. The molecule has 1 heteroatoms. The van der Waals surface area contributed by atoms with Gasteiger partial charge in [-0.1, -0.05) is 55.5 Å². The van der Waals surface area contributed by atoms with Crippen LogP contribution >= 0.6 is 0 Å². The summed E-state index contributed by atoms with van der Waals surface area (Å²) in [5.41, 5.74) is 4.28. The van der Waals surface area contributed by atoms with E-state index in [9.17, 15) is 0 Å². The Morgan fingerprint density at radius 3 is 2.44 bits per heavy atom. The van der Waals surface area contributed by atoms with Gasteiger partial charge < -0.3 is 4.90 Å². The quantitative estimate of drug-likeness (QED) is 0.749. The lowest BCUT2D eigenvalue weighted by molar-refractivity contribution is 0.659. The molecule has 0 saturated heterocycles. The van der Waals surface area contributed by atoms with Crippen LogP contribution in [0.15, 0.2) is 54.6 Å². The van der Waals surface area contributed by atoms with Crippen molar-refractivity contribution >= 4 is 5.69 Å². The predicted molar refractivity (Wildman–Crippen MR) is 77.1 cm³/mol. The summed E-state index contributed by atoms with van der Waals surface area (Å²) in [4.78, 5) is 2.52. The van der Waals surface area contributed by atoms with Crippen LogP contribution in [0.5, 0.6) is 0 Å². The third-order valence-electron chi connectivity index (χ3n) is 4.00. The molecule has 18 heavy (non-hydrogen) atoms. The zero-order valence-electron chi connectivity index (χ0n) is 11.0. The average Bonchev–Trinajstić information content (AvgIpc) is 2.77. The Morgan fingerprint density at radius 1 is 1.00 bits per heavy atom. The van der Waals surface area contributed by atoms with Gasteiger partial charge >= 0.3 is 0 Å². The van der Waals surface area contributed by atoms with Crippen LogP contribution < -0.4 is 4.90 Å². The number of rotatable bonds is 2. The molecule has 0 bridgehead atoms. The van der Waals surface area contributed by atoms with Crippen molar-refractivity contribution in [1.82, 2.24) is 0 Å². The summed E-state index contributed by atoms with van der Waals surface area (Å²) >= 11 is 0. The lowest BCUT2D eigenvalue weighted by atomic mass is 10.0. The highest BCUT2D eigenvalue weighted by molar-refractivity contribution is 5.61. The van der Waals surface area contributed by atoms with Crippen LogP contribution in [0.1, 0.15) is 36.9 Å². The average molecular weight is 237 g/mol. The van der Waals surface area contributed by atoms with Crippen molar-refractivity contribution in [2.24, 2.45) is 0 Å². The molecule has 2 unspecified atom stereocenters. The zero-order chi connectivity index (χ0) is 12.5. The van der Waals surface area contributed by atoms with Crippen molar-refractivity contribution in [3.8, 4) is 0 Å². The first kappa shape index (κ1) is 11.3. The van der Waals surface area contributed by atoms with Gasteiger partial charge in [0.2, 0.25) is 0 Å². The molecule has 0 saturated carbocycles. The van der Waals surface area contributed by atoms with Crippen LogP contribution in [-0.2, 0) is 0 Å². The number of hydrogen-bond donors (Lipinski definition) is 0. The molecule has 0 amide bonds. The molecule has 2 atom stereocenters. The maximum absolute atomic E-state index is 2.52. The van der Waals surface area contributed by atoms with Gasteiger partial charge in [0.05, 0.1) is 6.04 Å². The topological polar surface area (TPSA) is 3.24 Å². The third-order valence-corrected chi connectivity index (χ3v) is 4.00. The molecule has 0 aliphatic carbocycles. The molecule has 0 aromatic heterocycles. The van der Waals surface area contributed by atoms with E-state index in [1.54, 1.807) is 0 Å². The van der Waals surface area contributed by atoms with Crippen LogP contribution in [0.2, 0.25) is 0 Å². The van der Waals surface area contributed by atoms with Crippen LogP contribution in [0, 0.1) is 0 Å². The van der Waals surface area contributed by atoms with E-state index in [1.165, 1.54) is 16.8 Å². The Labute approximate surface area is 109 Å². The molecule has 0 fully saturated rings. The first-order valence-electron chi connectivity index (χ1n) is 6.68. The van der Waals surface area contributed by atoms with Crippen molar-refractivity contribution in [2.45, 2.75) is 25.8 Å². The number of benzene rings is 2. The number of nitrogens with zero attached hydrogens (tertiary/aromatic N) is 1. The van der Waals surface area contributed by atoms with E-state index in [4.69, 9.17) is 0 Å².